The third-order valence-corrected chi connectivity index (χ3v) is 4.16. The van der Waals surface area contributed by atoms with Crippen molar-refractivity contribution >= 4 is 5.91 Å². The van der Waals surface area contributed by atoms with Gasteiger partial charge in [0.25, 0.3) is 5.91 Å². The van der Waals surface area contributed by atoms with E-state index >= 15 is 0 Å². The van der Waals surface area contributed by atoms with Crippen molar-refractivity contribution in [1.82, 2.24) is 5.32 Å². The molecule has 1 amide bonds. The number of benzene rings is 1. The molecule has 0 radical (unpaired) electrons. The van der Waals surface area contributed by atoms with Gasteiger partial charge >= 0.3 is 0 Å². The summed E-state index contributed by atoms with van der Waals surface area (Å²) in [5.74, 6) is 3.92. The van der Waals surface area contributed by atoms with Crippen LogP contribution in [0, 0.1) is 18.3 Å². The average Bonchev–Trinajstić information content (AvgIpc) is 2.54. The van der Waals surface area contributed by atoms with Crippen LogP contribution in [0.1, 0.15) is 43.0 Å². The molecule has 0 heterocycles. The van der Waals surface area contributed by atoms with Gasteiger partial charge in [-0.2, -0.15) is 0 Å². The molecule has 118 valence electrons. The Balaban J connectivity index is 2.07. The lowest BCUT2D eigenvalue weighted by molar-refractivity contribution is 0.0910. The highest BCUT2D eigenvalue weighted by molar-refractivity contribution is 5.95. The molecular weight excluding hydrogens is 278 g/mol. The predicted octanol–water partition coefficient (Wildman–Crippen LogP) is 3.02. The zero-order valence-electron chi connectivity index (χ0n) is 13.2. The molecule has 2 unspecified atom stereocenters. The van der Waals surface area contributed by atoms with Crippen LogP contribution in [-0.4, -0.2) is 25.7 Å². The summed E-state index contributed by atoms with van der Waals surface area (Å²) in [6.45, 7) is 2.36. The lowest BCUT2D eigenvalue weighted by atomic mass is 9.86. The fourth-order valence-corrected chi connectivity index (χ4v) is 2.83. The van der Waals surface area contributed by atoms with Gasteiger partial charge in [0.2, 0.25) is 0 Å². The normalized spacial score (nSPS) is 20.8. The fraction of sp³-hybridized carbons (Fsp3) is 0.500. The quantitative estimate of drug-likeness (QED) is 0.850. The maximum absolute atomic E-state index is 12.4. The molecule has 2 atom stereocenters. The minimum Gasteiger partial charge on any atom is -0.493 e. The van der Waals surface area contributed by atoms with Crippen LogP contribution < -0.4 is 14.8 Å². The van der Waals surface area contributed by atoms with Gasteiger partial charge in [-0.3, -0.25) is 4.79 Å². The standard InChI is InChI=1S/C18H23NO3/c1-4-11-22-16-10-9-14(12-17(16)21-3)18(20)19-15-8-6-5-7-13(15)2/h1,9-10,12-13,15H,5-8,11H2,2-3H3,(H,19,20). The van der Waals surface area contributed by atoms with E-state index in [9.17, 15) is 4.79 Å². The van der Waals surface area contributed by atoms with Crippen LogP contribution in [0.5, 0.6) is 11.5 Å². The van der Waals surface area contributed by atoms with Gasteiger partial charge in [0.1, 0.15) is 6.61 Å². The summed E-state index contributed by atoms with van der Waals surface area (Å²) >= 11 is 0. The Hall–Kier alpha value is -2.15. The highest BCUT2D eigenvalue weighted by Crippen LogP contribution is 2.29. The number of amides is 1. The number of hydrogen-bond acceptors (Lipinski definition) is 3. The Morgan fingerprint density at radius 2 is 2.14 bits per heavy atom. The van der Waals surface area contributed by atoms with Gasteiger partial charge in [-0.1, -0.05) is 25.7 Å². The van der Waals surface area contributed by atoms with E-state index in [2.05, 4.69) is 18.2 Å². The third kappa shape index (κ3) is 3.94. The first-order valence-corrected chi connectivity index (χ1v) is 7.71. The Bertz CT molecular complexity index is 562. The van der Waals surface area contributed by atoms with Gasteiger partial charge in [0.05, 0.1) is 7.11 Å². The van der Waals surface area contributed by atoms with E-state index in [0.29, 0.717) is 23.0 Å². The zero-order chi connectivity index (χ0) is 15.9. The molecule has 1 aromatic carbocycles. The molecule has 4 nitrogen and oxygen atoms in total. The number of rotatable bonds is 5. The second-order valence-corrected chi connectivity index (χ2v) is 5.70. The maximum Gasteiger partial charge on any atom is 0.251 e. The molecule has 1 fully saturated rings. The smallest absolute Gasteiger partial charge is 0.251 e. The Kier molecular flexibility index (Phi) is 5.71. The first-order chi connectivity index (χ1) is 10.7. The number of carbonyl (C=O) groups excluding carboxylic acids is 1. The summed E-state index contributed by atoms with van der Waals surface area (Å²) in [4.78, 5) is 12.4. The van der Waals surface area contributed by atoms with Crippen LogP contribution >= 0.6 is 0 Å². The average molecular weight is 301 g/mol. The number of nitrogens with one attached hydrogen (secondary N) is 1. The van der Waals surface area contributed by atoms with Crippen molar-refractivity contribution in [3.8, 4) is 23.8 Å². The lowest BCUT2D eigenvalue weighted by Crippen LogP contribution is -2.41. The summed E-state index contributed by atoms with van der Waals surface area (Å²) in [5, 5.41) is 3.13. The number of hydrogen-bond donors (Lipinski definition) is 1. The molecule has 0 saturated heterocycles. The monoisotopic (exact) mass is 301 g/mol. The summed E-state index contributed by atoms with van der Waals surface area (Å²) in [5.41, 5.74) is 0.572. The van der Waals surface area contributed by atoms with E-state index in [-0.39, 0.29) is 18.6 Å². The zero-order valence-corrected chi connectivity index (χ0v) is 13.2. The first kappa shape index (κ1) is 16.2. The van der Waals surface area contributed by atoms with Crippen LogP contribution in [-0.2, 0) is 0 Å². The Morgan fingerprint density at radius 1 is 1.36 bits per heavy atom. The minimum atomic E-state index is -0.0689. The Morgan fingerprint density at radius 3 is 2.82 bits per heavy atom. The number of terminal acetylenes is 1. The SMILES string of the molecule is C#CCOc1ccc(C(=O)NC2CCCCC2C)cc1OC. The molecular formula is C18H23NO3. The van der Waals surface area contributed by atoms with Gasteiger partial charge in [0.15, 0.2) is 11.5 Å². The number of methoxy groups -OCH3 is 1. The van der Waals surface area contributed by atoms with Crippen LogP contribution in [0.15, 0.2) is 18.2 Å². The molecule has 1 aromatic rings. The highest BCUT2D eigenvalue weighted by atomic mass is 16.5. The van der Waals surface area contributed by atoms with Crippen molar-refractivity contribution in [2.75, 3.05) is 13.7 Å². The fourth-order valence-electron chi connectivity index (χ4n) is 2.83. The van der Waals surface area contributed by atoms with Crippen molar-refractivity contribution in [1.29, 1.82) is 0 Å². The van der Waals surface area contributed by atoms with E-state index in [1.54, 1.807) is 25.3 Å². The molecule has 0 aliphatic heterocycles. The van der Waals surface area contributed by atoms with E-state index < -0.39 is 0 Å². The molecule has 2 rings (SSSR count). The van der Waals surface area contributed by atoms with Gasteiger partial charge in [-0.05, 0) is 37.0 Å². The summed E-state index contributed by atoms with van der Waals surface area (Å²) in [7, 11) is 1.54. The molecule has 1 aliphatic carbocycles. The van der Waals surface area contributed by atoms with Crippen LogP contribution in [0.4, 0.5) is 0 Å². The molecule has 4 heteroatoms. The summed E-state index contributed by atoms with van der Waals surface area (Å²) < 4.78 is 10.7. The minimum absolute atomic E-state index is 0.0689. The lowest BCUT2D eigenvalue weighted by Gasteiger charge is -2.29. The van der Waals surface area contributed by atoms with Crippen molar-refractivity contribution in [2.24, 2.45) is 5.92 Å². The van der Waals surface area contributed by atoms with Gasteiger partial charge in [0, 0.05) is 11.6 Å². The van der Waals surface area contributed by atoms with Crippen molar-refractivity contribution in [2.45, 2.75) is 38.6 Å². The van der Waals surface area contributed by atoms with E-state index in [4.69, 9.17) is 15.9 Å². The second-order valence-electron chi connectivity index (χ2n) is 5.70. The van der Waals surface area contributed by atoms with Crippen molar-refractivity contribution < 1.29 is 14.3 Å². The van der Waals surface area contributed by atoms with Gasteiger partial charge < -0.3 is 14.8 Å². The van der Waals surface area contributed by atoms with Gasteiger partial charge in [-0.15, -0.1) is 6.42 Å². The molecule has 0 spiro atoms. The second kappa shape index (κ2) is 7.74. The number of carbonyl (C=O) groups is 1. The van der Waals surface area contributed by atoms with Gasteiger partial charge in [-0.25, -0.2) is 0 Å². The molecule has 1 saturated carbocycles. The summed E-state index contributed by atoms with van der Waals surface area (Å²) in [6.07, 6.45) is 9.84. The molecule has 1 N–H and O–H groups in total. The van der Waals surface area contributed by atoms with Crippen molar-refractivity contribution in [3.05, 3.63) is 23.8 Å². The van der Waals surface area contributed by atoms with E-state index in [1.807, 2.05) is 0 Å². The van der Waals surface area contributed by atoms with Crippen molar-refractivity contribution in [3.63, 3.8) is 0 Å². The molecule has 22 heavy (non-hydrogen) atoms. The van der Waals surface area contributed by atoms with Crippen LogP contribution in [0.2, 0.25) is 0 Å². The number of ether oxygens (including phenoxy) is 2. The van der Waals surface area contributed by atoms with Crippen LogP contribution in [0.3, 0.4) is 0 Å². The van der Waals surface area contributed by atoms with Crippen LogP contribution in [0.25, 0.3) is 0 Å². The third-order valence-electron chi connectivity index (χ3n) is 4.16. The predicted molar refractivity (Wildman–Crippen MR) is 86.2 cm³/mol. The maximum atomic E-state index is 12.4. The highest BCUT2D eigenvalue weighted by Gasteiger charge is 2.23. The first-order valence-electron chi connectivity index (χ1n) is 7.71. The molecule has 1 aliphatic rings. The topological polar surface area (TPSA) is 47.6 Å². The summed E-state index contributed by atoms with van der Waals surface area (Å²) in [6, 6.07) is 5.39. The van der Waals surface area contributed by atoms with E-state index in [0.717, 1.165) is 6.42 Å². The Labute approximate surface area is 132 Å². The molecule has 0 bridgehead atoms. The molecule has 0 aromatic heterocycles. The largest absolute Gasteiger partial charge is 0.493 e. The van der Waals surface area contributed by atoms with E-state index in [1.165, 1.54) is 19.3 Å².